The number of pyridine rings is 1. The van der Waals surface area contributed by atoms with Crippen LogP contribution in [0.15, 0.2) is 36.7 Å². The summed E-state index contributed by atoms with van der Waals surface area (Å²) in [6.45, 7) is 0.249. The Morgan fingerprint density at radius 1 is 1.09 bits per heavy atom. The van der Waals surface area contributed by atoms with Crippen LogP contribution in [0.25, 0.3) is 0 Å². The second-order valence-corrected chi connectivity index (χ2v) is 7.78. The van der Waals surface area contributed by atoms with Crippen molar-refractivity contribution in [1.29, 1.82) is 0 Å². The van der Waals surface area contributed by atoms with Gasteiger partial charge in [0.1, 0.15) is 6.04 Å². The zero-order chi connectivity index (χ0) is 23.8. The molecule has 0 aliphatic carbocycles. The van der Waals surface area contributed by atoms with Crippen LogP contribution in [-0.2, 0) is 22.2 Å². The third kappa shape index (κ3) is 4.43. The number of halogens is 3. The molecule has 4 amide bonds. The number of aromatic nitrogens is 1. The third-order valence-electron chi connectivity index (χ3n) is 5.59. The predicted molar refractivity (Wildman–Crippen MR) is 109 cm³/mol. The Balaban J connectivity index is 1.40. The van der Waals surface area contributed by atoms with E-state index in [0.717, 1.165) is 16.7 Å². The van der Waals surface area contributed by atoms with Gasteiger partial charge in [0.05, 0.1) is 16.7 Å². The van der Waals surface area contributed by atoms with Crippen LogP contribution in [0.3, 0.4) is 0 Å². The largest absolute Gasteiger partial charge is 0.419 e. The molecule has 4 rings (SSSR count). The van der Waals surface area contributed by atoms with Crippen LogP contribution in [0, 0.1) is 0 Å². The summed E-state index contributed by atoms with van der Waals surface area (Å²) in [5.41, 5.74) is 0.168. The van der Waals surface area contributed by atoms with E-state index in [1.165, 1.54) is 18.3 Å². The lowest BCUT2D eigenvalue weighted by atomic mass is 10.0. The van der Waals surface area contributed by atoms with E-state index in [1.807, 2.05) is 0 Å². The van der Waals surface area contributed by atoms with Gasteiger partial charge in [-0.25, -0.2) is 0 Å². The lowest BCUT2D eigenvalue weighted by molar-refractivity contribution is -0.137. The standard InChI is InChI=1S/C22H19F3N4O4/c23-22(24,25)15-11-26-9-7-16(15)27-8-1-2-12-3-4-13-14(10-12)21(33)29(20(13)32)17-5-6-18(30)28-19(17)31/h3-4,7,9-11,17H,1-2,5-6,8H2,(H,26,27)(H,28,30,31). The van der Waals surface area contributed by atoms with Gasteiger partial charge in [-0.3, -0.25) is 34.4 Å². The van der Waals surface area contributed by atoms with E-state index in [-0.39, 0.29) is 36.2 Å². The lowest BCUT2D eigenvalue weighted by Gasteiger charge is -2.27. The number of carbonyl (C=O) groups excluding carboxylic acids is 4. The third-order valence-corrected chi connectivity index (χ3v) is 5.59. The molecule has 11 heteroatoms. The number of benzene rings is 1. The highest BCUT2D eigenvalue weighted by molar-refractivity contribution is 6.23. The van der Waals surface area contributed by atoms with Crippen LogP contribution in [0.2, 0.25) is 0 Å². The maximum Gasteiger partial charge on any atom is 0.419 e. The number of nitrogens with one attached hydrogen (secondary N) is 2. The van der Waals surface area contributed by atoms with E-state index in [0.29, 0.717) is 12.8 Å². The predicted octanol–water partition coefficient (Wildman–Crippen LogP) is 2.55. The molecule has 8 nitrogen and oxygen atoms in total. The van der Waals surface area contributed by atoms with E-state index in [4.69, 9.17) is 0 Å². The zero-order valence-corrected chi connectivity index (χ0v) is 17.2. The monoisotopic (exact) mass is 460 g/mol. The number of aryl methyl sites for hydroxylation is 1. The fraction of sp³-hybridized carbons (Fsp3) is 0.318. The maximum atomic E-state index is 13.0. The molecule has 1 aromatic heterocycles. The van der Waals surface area contributed by atoms with Crippen molar-refractivity contribution in [1.82, 2.24) is 15.2 Å². The summed E-state index contributed by atoms with van der Waals surface area (Å²) in [4.78, 5) is 53.4. The molecule has 1 aromatic carbocycles. The number of hydrogen-bond donors (Lipinski definition) is 2. The molecule has 0 saturated carbocycles. The zero-order valence-electron chi connectivity index (χ0n) is 17.2. The molecule has 2 aromatic rings. The van der Waals surface area contributed by atoms with Crippen molar-refractivity contribution in [2.45, 2.75) is 37.9 Å². The van der Waals surface area contributed by atoms with Crippen LogP contribution in [0.1, 0.15) is 51.1 Å². The minimum absolute atomic E-state index is 0.0373. The van der Waals surface area contributed by atoms with Gasteiger partial charge in [0.2, 0.25) is 11.8 Å². The minimum atomic E-state index is -4.52. The Bertz CT molecular complexity index is 1150. The summed E-state index contributed by atoms with van der Waals surface area (Å²) in [6, 6.07) is 4.97. The average Bonchev–Trinajstić information content (AvgIpc) is 3.01. The van der Waals surface area contributed by atoms with Crippen LogP contribution >= 0.6 is 0 Å². The van der Waals surface area contributed by atoms with Crippen molar-refractivity contribution in [3.63, 3.8) is 0 Å². The first-order valence-electron chi connectivity index (χ1n) is 10.3. The van der Waals surface area contributed by atoms with Gasteiger partial charge in [-0.2, -0.15) is 13.2 Å². The average molecular weight is 460 g/mol. The van der Waals surface area contributed by atoms with Crippen molar-refractivity contribution < 1.29 is 32.3 Å². The summed E-state index contributed by atoms with van der Waals surface area (Å²) < 4.78 is 39.1. The van der Waals surface area contributed by atoms with Gasteiger partial charge in [-0.1, -0.05) is 6.07 Å². The molecule has 1 fully saturated rings. The number of rotatable bonds is 6. The van der Waals surface area contributed by atoms with Crippen molar-refractivity contribution in [2.75, 3.05) is 11.9 Å². The number of imide groups is 2. The van der Waals surface area contributed by atoms with Gasteiger partial charge in [-0.05, 0) is 43.0 Å². The molecular weight excluding hydrogens is 441 g/mol. The minimum Gasteiger partial charge on any atom is -0.384 e. The van der Waals surface area contributed by atoms with Crippen LogP contribution in [0.4, 0.5) is 18.9 Å². The summed E-state index contributed by atoms with van der Waals surface area (Å²) >= 11 is 0. The van der Waals surface area contributed by atoms with E-state index in [2.05, 4.69) is 15.6 Å². The summed E-state index contributed by atoms with van der Waals surface area (Å²) in [6.07, 6.45) is -1.45. The normalized spacial score (nSPS) is 18.4. The molecular formula is C22H19F3N4O4. The Morgan fingerprint density at radius 3 is 2.58 bits per heavy atom. The number of nitrogens with zero attached hydrogens (tertiary/aromatic N) is 2. The first kappa shape index (κ1) is 22.4. The van der Waals surface area contributed by atoms with Crippen LogP contribution in [-0.4, -0.2) is 46.1 Å². The number of carbonyl (C=O) groups is 4. The fourth-order valence-corrected chi connectivity index (χ4v) is 3.96. The van der Waals surface area contributed by atoms with Gasteiger partial charge in [0, 0.05) is 31.0 Å². The first-order chi connectivity index (χ1) is 15.7. The van der Waals surface area contributed by atoms with Gasteiger partial charge in [-0.15, -0.1) is 0 Å². The highest BCUT2D eigenvalue weighted by Crippen LogP contribution is 2.34. The Morgan fingerprint density at radius 2 is 1.85 bits per heavy atom. The topological polar surface area (TPSA) is 108 Å². The number of anilines is 1. The highest BCUT2D eigenvalue weighted by Gasteiger charge is 2.44. The van der Waals surface area contributed by atoms with Gasteiger partial charge >= 0.3 is 6.18 Å². The number of amides is 4. The molecule has 33 heavy (non-hydrogen) atoms. The molecule has 2 N–H and O–H groups in total. The van der Waals surface area contributed by atoms with Crippen molar-refractivity contribution in [3.05, 3.63) is 58.9 Å². The summed E-state index contributed by atoms with van der Waals surface area (Å²) in [5.74, 6) is -2.31. The molecule has 3 heterocycles. The molecule has 1 unspecified atom stereocenters. The van der Waals surface area contributed by atoms with Gasteiger partial charge in [0.25, 0.3) is 11.8 Å². The number of hydrogen-bond acceptors (Lipinski definition) is 6. The van der Waals surface area contributed by atoms with Crippen molar-refractivity contribution >= 4 is 29.3 Å². The summed E-state index contributed by atoms with van der Waals surface area (Å²) in [7, 11) is 0. The fourth-order valence-electron chi connectivity index (χ4n) is 3.96. The number of fused-ring (bicyclic) bond motifs is 1. The first-order valence-corrected chi connectivity index (χ1v) is 10.3. The van der Waals surface area contributed by atoms with E-state index < -0.39 is 41.4 Å². The number of alkyl halides is 3. The van der Waals surface area contributed by atoms with Crippen molar-refractivity contribution in [2.24, 2.45) is 0 Å². The summed E-state index contributed by atoms with van der Waals surface area (Å²) in [5, 5.41) is 4.90. The van der Waals surface area contributed by atoms with Crippen LogP contribution in [0.5, 0.6) is 0 Å². The molecule has 0 radical (unpaired) electrons. The molecule has 0 spiro atoms. The highest BCUT2D eigenvalue weighted by atomic mass is 19.4. The molecule has 2 aliphatic heterocycles. The molecule has 1 atom stereocenters. The smallest absolute Gasteiger partial charge is 0.384 e. The van der Waals surface area contributed by atoms with E-state index in [1.54, 1.807) is 12.1 Å². The van der Waals surface area contributed by atoms with Gasteiger partial charge in [0.15, 0.2) is 0 Å². The lowest BCUT2D eigenvalue weighted by Crippen LogP contribution is -2.54. The van der Waals surface area contributed by atoms with E-state index in [9.17, 15) is 32.3 Å². The van der Waals surface area contributed by atoms with Gasteiger partial charge < -0.3 is 5.32 Å². The molecule has 172 valence electrons. The Kier molecular flexibility index (Phi) is 5.88. The van der Waals surface area contributed by atoms with Crippen LogP contribution < -0.4 is 10.6 Å². The molecule has 0 bridgehead atoms. The van der Waals surface area contributed by atoms with E-state index >= 15 is 0 Å². The SMILES string of the molecule is O=C1CCC(N2C(=O)c3ccc(CCCNc4ccncc4C(F)(F)F)cc3C2=O)C(=O)N1. The second-order valence-electron chi connectivity index (χ2n) is 7.78. The Hall–Kier alpha value is -3.76. The quantitative estimate of drug-likeness (QED) is 0.507. The Labute approximate surface area is 186 Å². The second kappa shape index (κ2) is 8.64. The molecule has 2 aliphatic rings. The molecule has 1 saturated heterocycles. The maximum absolute atomic E-state index is 13.0. The van der Waals surface area contributed by atoms with Crippen molar-refractivity contribution in [3.8, 4) is 0 Å². The number of piperidine rings is 1.